The summed E-state index contributed by atoms with van der Waals surface area (Å²) in [7, 11) is 9.66. The number of carbonyl (C=O) groups is 12. The number of amides is 7. The van der Waals surface area contributed by atoms with Crippen molar-refractivity contribution in [3.63, 3.8) is 0 Å². The Morgan fingerprint density at radius 1 is 0.748 bits per heavy atom. The molecule has 28 heteroatoms. The molecule has 2 fully saturated rings. The predicted molar refractivity (Wildman–Crippen MR) is 378 cm³/mol. The number of nitrogens with zero attached hydrogens (tertiary/aromatic N) is 5. The molecule has 2 N–H and O–H groups in total. The quantitative estimate of drug-likeness (QED) is 0.0287. The number of likely N-dealkylation sites (N-methyl/N-ethyl adjacent to an activating group) is 2. The van der Waals surface area contributed by atoms with Gasteiger partial charge in [-0.1, -0.05) is 105 Å². The Bertz CT molecular complexity index is 3250. The van der Waals surface area contributed by atoms with Crippen LogP contribution in [-0.2, 0) is 97.2 Å². The number of benzene rings is 2. The van der Waals surface area contributed by atoms with Gasteiger partial charge < -0.3 is 63.1 Å². The van der Waals surface area contributed by atoms with Crippen LogP contribution in [0.5, 0.6) is 5.75 Å². The highest BCUT2D eigenvalue weighted by Gasteiger charge is 2.53. The van der Waals surface area contributed by atoms with Crippen molar-refractivity contribution in [3.8, 4) is 5.75 Å². The monoisotopic (exact) mass is 1450 g/mol. The summed E-state index contributed by atoms with van der Waals surface area (Å²) in [6.45, 7) is 20.8. The molecule has 3 aliphatic heterocycles. The van der Waals surface area contributed by atoms with E-state index in [1.54, 1.807) is 44.7 Å². The van der Waals surface area contributed by atoms with Crippen molar-refractivity contribution in [2.45, 2.75) is 202 Å². The SMILES string of the molecule is CC[C@H](C)[C@@H]([C@@H](CC(=O)N1CCC[C@H]1[C@H](OC)[C@@H](C)C(=O)C[C@H](C)[C@@H](OCN(CC)C(=O)OCc1ccc(O[C@@H]2O[C@H](C(=O)OC)[C@@H](OC(C)=O)[C@H](OC(C)=O)[C@H]2C)c(NC(=O)CCNC(=O)CCN2C(=O)C=CC2=O)c1)c1ccccc1)OC)N(C)C(=O)[C@@H](CC(=O)[C@H](C(C)C)N(C)C)C(C)C. The minimum atomic E-state index is -1.64. The van der Waals surface area contributed by atoms with Crippen LogP contribution in [-0.4, -0.2) is 226 Å². The second kappa shape index (κ2) is 40.8. The van der Waals surface area contributed by atoms with Crippen LogP contribution in [0.4, 0.5) is 10.5 Å². The summed E-state index contributed by atoms with van der Waals surface area (Å²) in [5, 5.41) is 5.33. The predicted octanol–water partition coefficient (Wildman–Crippen LogP) is 7.23. The lowest BCUT2D eigenvalue weighted by molar-refractivity contribution is -0.261. The maximum absolute atomic E-state index is 14.7. The first-order valence-corrected chi connectivity index (χ1v) is 35.6. The highest BCUT2D eigenvalue weighted by atomic mass is 16.7. The third-order valence-electron chi connectivity index (χ3n) is 19.6. The standard InChI is InChI=1S/C75H111N7O21/c1-19-45(7)66(79(15)72(92)53(43(3)4)39-57(86)65(44(5)6)78(13)14)59(95-16)40-64(91)81-35-24-27-55(81)68(96-17)47(9)56(85)37-46(8)67(52-25-22-21-23-26-52)99-42-80(20-2)75(94)98-41-51-28-29-58(54(38-51)77-61(88)32-34-76-60(87)33-36-82-62(89)30-31-63(82)90)102-74-48(10)69(100-49(11)83)70(101-50(12)84)71(103-74)73(93)97-18/h21-23,25-26,28-31,38,43-48,53,55,59,65-71,74H,19-20,24,27,32-37,39-42H2,1-18H3,(H,76,87)(H,77,88)/t45-,46-,47-,48+,53-,55-,59+,65-,66-,67+,68+,69+,70-,71-,74+/m0/s1. The molecule has 2 saturated heterocycles. The molecule has 3 aliphatic rings. The smallest absolute Gasteiger partial charge is 0.411 e. The zero-order chi connectivity index (χ0) is 76.7. The van der Waals surface area contributed by atoms with Gasteiger partial charge in [-0.05, 0) is 80.8 Å². The van der Waals surface area contributed by atoms with E-state index in [1.165, 1.54) is 30.2 Å². The summed E-state index contributed by atoms with van der Waals surface area (Å²) in [4.78, 5) is 168. The van der Waals surface area contributed by atoms with Crippen molar-refractivity contribution in [1.29, 1.82) is 0 Å². The number of hydrogen-bond acceptors (Lipinski definition) is 22. The van der Waals surface area contributed by atoms with E-state index < -0.39 is 126 Å². The molecule has 572 valence electrons. The average molecular weight is 1450 g/mol. The van der Waals surface area contributed by atoms with Crippen molar-refractivity contribution in [3.05, 3.63) is 71.8 Å². The molecular weight excluding hydrogens is 1330 g/mol. The molecular formula is C75H111N7O21. The second-order valence-electron chi connectivity index (χ2n) is 27.9. The van der Waals surface area contributed by atoms with E-state index >= 15 is 0 Å². The fourth-order valence-electron chi connectivity index (χ4n) is 13.9. The van der Waals surface area contributed by atoms with E-state index in [-0.39, 0.29) is 124 Å². The van der Waals surface area contributed by atoms with Crippen LogP contribution in [0.15, 0.2) is 60.7 Å². The van der Waals surface area contributed by atoms with E-state index in [4.69, 9.17) is 42.6 Å². The number of ketones is 2. The summed E-state index contributed by atoms with van der Waals surface area (Å²) in [6, 6.07) is 12.4. The summed E-state index contributed by atoms with van der Waals surface area (Å²) in [5.41, 5.74) is 1.09. The van der Waals surface area contributed by atoms with Gasteiger partial charge in [0.05, 0.1) is 61.6 Å². The van der Waals surface area contributed by atoms with E-state index in [1.807, 2.05) is 97.8 Å². The number of imide groups is 1. The number of ether oxygens (including phenoxy) is 9. The molecule has 0 saturated carbocycles. The van der Waals surface area contributed by atoms with Crippen molar-refractivity contribution < 1.29 is 100 Å². The molecule has 5 rings (SSSR count). The Kier molecular flexibility index (Phi) is 33.8. The number of anilines is 1. The summed E-state index contributed by atoms with van der Waals surface area (Å²) in [5.74, 6) is -8.17. The van der Waals surface area contributed by atoms with E-state index in [0.717, 1.165) is 43.6 Å². The van der Waals surface area contributed by atoms with Crippen LogP contribution < -0.4 is 15.4 Å². The maximum Gasteiger partial charge on any atom is 0.411 e. The number of esters is 3. The fraction of sp³-hybridized carbons (Fsp3) is 0.653. The second-order valence-corrected chi connectivity index (χ2v) is 27.9. The summed E-state index contributed by atoms with van der Waals surface area (Å²) < 4.78 is 53.1. The van der Waals surface area contributed by atoms with Gasteiger partial charge in [0.1, 0.15) is 24.9 Å². The lowest BCUT2D eigenvalue weighted by atomic mass is 9.83. The Labute approximate surface area is 606 Å². The number of methoxy groups -OCH3 is 3. The van der Waals surface area contributed by atoms with Crippen molar-refractivity contribution in [2.75, 3.05) is 80.7 Å². The number of likely N-dealkylation sites (tertiary alicyclic amines) is 1. The fourth-order valence-corrected chi connectivity index (χ4v) is 13.9. The Hall–Kier alpha value is -8.18. The van der Waals surface area contributed by atoms with Crippen molar-refractivity contribution in [1.82, 2.24) is 29.8 Å². The number of rotatable bonds is 40. The van der Waals surface area contributed by atoms with Gasteiger partial charge in [0.15, 0.2) is 24.1 Å². The van der Waals surface area contributed by atoms with Gasteiger partial charge in [-0.2, -0.15) is 0 Å². The third-order valence-corrected chi connectivity index (χ3v) is 19.6. The van der Waals surface area contributed by atoms with Crippen LogP contribution in [0.25, 0.3) is 0 Å². The van der Waals surface area contributed by atoms with Crippen LogP contribution in [0.2, 0.25) is 0 Å². The van der Waals surface area contributed by atoms with E-state index in [2.05, 4.69) is 10.6 Å². The first kappa shape index (κ1) is 85.5. The minimum absolute atomic E-state index is 0.00383. The minimum Gasteiger partial charge on any atom is -0.467 e. The molecule has 2 aromatic rings. The highest BCUT2D eigenvalue weighted by molar-refractivity contribution is 6.13. The molecule has 28 nitrogen and oxygen atoms in total. The Balaban J connectivity index is 1.30. The topological polar surface area (TPSA) is 328 Å². The number of Topliss-reactive ketones (excluding diaryl/α,β-unsaturated/α-hetero) is 2. The lowest BCUT2D eigenvalue weighted by Gasteiger charge is -2.42. The van der Waals surface area contributed by atoms with E-state index in [9.17, 15) is 57.5 Å². The zero-order valence-electron chi connectivity index (χ0n) is 63.3. The lowest BCUT2D eigenvalue weighted by Crippen LogP contribution is -2.60. The molecule has 2 aromatic carbocycles. The largest absolute Gasteiger partial charge is 0.467 e. The van der Waals surface area contributed by atoms with Crippen LogP contribution in [0.1, 0.15) is 152 Å². The van der Waals surface area contributed by atoms with E-state index in [0.29, 0.717) is 31.4 Å². The molecule has 0 spiro atoms. The molecule has 15 atom stereocenters. The molecule has 103 heavy (non-hydrogen) atoms. The van der Waals surface area contributed by atoms with Crippen molar-refractivity contribution >= 4 is 76.7 Å². The zero-order valence-corrected chi connectivity index (χ0v) is 63.3. The van der Waals surface area contributed by atoms with Gasteiger partial charge in [-0.25, -0.2) is 9.59 Å². The molecule has 0 radical (unpaired) electrons. The average Bonchev–Trinajstić information content (AvgIpc) is 1.14. The molecule has 0 aromatic heterocycles. The number of nitrogens with one attached hydrogen (secondary N) is 2. The summed E-state index contributed by atoms with van der Waals surface area (Å²) >= 11 is 0. The molecule has 0 bridgehead atoms. The third kappa shape index (κ3) is 23.7. The first-order chi connectivity index (χ1) is 48.7. The maximum atomic E-state index is 14.7. The van der Waals surface area contributed by atoms with Gasteiger partial charge >= 0.3 is 24.0 Å². The highest BCUT2D eigenvalue weighted by Crippen LogP contribution is 2.38. The number of carbonyl (C=O) groups excluding carboxylic acids is 12. The van der Waals surface area contributed by atoms with Crippen LogP contribution in [0, 0.1) is 41.4 Å². The summed E-state index contributed by atoms with van der Waals surface area (Å²) in [6.07, 6.45) is -4.92. The van der Waals surface area contributed by atoms with Gasteiger partial charge in [0.25, 0.3) is 11.8 Å². The molecule has 3 heterocycles. The van der Waals surface area contributed by atoms with Crippen LogP contribution >= 0.6 is 0 Å². The normalized spacial score (nSPS) is 20.8. The first-order valence-electron chi connectivity index (χ1n) is 35.6. The molecule has 0 unspecified atom stereocenters. The van der Waals surface area contributed by atoms with Gasteiger partial charge in [-0.3, -0.25) is 62.6 Å². The molecule has 0 aliphatic carbocycles. The van der Waals surface area contributed by atoms with Crippen LogP contribution in [0.3, 0.4) is 0 Å². The Morgan fingerprint density at radius 3 is 1.97 bits per heavy atom. The number of hydrogen-bond donors (Lipinski definition) is 2. The van der Waals surface area contributed by atoms with Gasteiger partial charge in [-0.15, -0.1) is 0 Å². The van der Waals surface area contributed by atoms with Gasteiger partial charge in [0, 0.05) is 111 Å². The molecule has 7 amide bonds. The van der Waals surface area contributed by atoms with Gasteiger partial charge in [0.2, 0.25) is 29.9 Å². The Morgan fingerprint density at radius 2 is 1.40 bits per heavy atom. The van der Waals surface area contributed by atoms with Crippen molar-refractivity contribution in [2.24, 2.45) is 41.4 Å².